The van der Waals surface area contributed by atoms with Crippen molar-refractivity contribution < 1.29 is 27.5 Å². The summed E-state index contributed by atoms with van der Waals surface area (Å²) in [5.41, 5.74) is 1.18. The van der Waals surface area contributed by atoms with Gasteiger partial charge in [0.05, 0.1) is 10.5 Å². The molecule has 0 spiro atoms. The molecule has 0 aromatic heterocycles. The molecule has 3 N–H and O–H groups in total. The maximum absolute atomic E-state index is 12.7. The quantitative estimate of drug-likeness (QED) is 0.567. The molecule has 10 heteroatoms. The molecular formula is C22H27N3O6S. The molecule has 0 saturated carbocycles. The van der Waals surface area contributed by atoms with Crippen LogP contribution in [0, 0.1) is 13.8 Å². The first-order chi connectivity index (χ1) is 14.8. The molecule has 2 aromatic rings. The first-order valence-corrected chi connectivity index (χ1v) is 11.2. The lowest BCUT2D eigenvalue weighted by molar-refractivity contribution is -0.123. The third kappa shape index (κ3) is 7.38. The number of hydrogen-bond donors (Lipinski definition) is 3. The number of nitrogens with one attached hydrogen (secondary N) is 3. The van der Waals surface area contributed by atoms with Crippen molar-refractivity contribution in [2.24, 2.45) is 0 Å². The van der Waals surface area contributed by atoms with Gasteiger partial charge in [0.1, 0.15) is 0 Å². The van der Waals surface area contributed by atoms with Crippen molar-refractivity contribution in [1.29, 1.82) is 0 Å². The molecule has 32 heavy (non-hydrogen) atoms. The highest BCUT2D eigenvalue weighted by atomic mass is 32.2. The van der Waals surface area contributed by atoms with Gasteiger partial charge in [-0.05, 0) is 70.0 Å². The molecule has 0 bridgehead atoms. The Morgan fingerprint density at radius 3 is 2.31 bits per heavy atom. The first kappa shape index (κ1) is 24.9. The number of ether oxygens (including phenoxy) is 1. The summed E-state index contributed by atoms with van der Waals surface area (Å²) in [6.07, 6.45) is 0. The van der Waals surface area contributed by atoms with Crippen LogP contribution in [-0.2, 0) is 19.6 Å². The molecule has 0 aliphatic rings. The topological polar surface area (TPSA) is 131 Å². The fraction of sp³-hybridized carbons (Fsp3) is 0.318. The summed E-state index contributed by atoms with van der Waals surface area (Å²) < 4.78 is 32.9. The number of hydrogen-bond acceptors (Lipinski definition) is 6. The monoisotopic (exact) mass is 461 g/mol. The van der Waals surface area contributed by atoms with Gasteiger partial charge in [0.25, 0.3) is 15.9 Å². The Hall–Kier alpha value is -3.40. The van der Waals surface area contributed by atoms with Crippen molar-refractivity contribution in [3.63, 3.8) is 0 Å². The summed E-state index contributed by atoms with van der Waals surface area (Å²) in [7, 11) is -3.96. The van der Waals surface area contributed by atoms with E-state index in [0.29, 0.717) is 11.3 Å². The van der Waals surface area contributed by atoms with Crippen LogP contribution in [0.15, 0.2) is 47.4 Å². The minimum Gasteiger partial charge on any atom is -0.452 e. The van der Waals surface area contributed by atoms with E-state index >= 15 is 0 Å². The predicted octanol–water partition coefficient (Wildman–Crippen LogP) is 2.89. The second kappa shape index (κ2) is 9.82. The summed E-state index contributed by atoms with van der Waals surface area (Å²) in [4.78, 5) is 35.9. The molecule has 3 amide bonds. The minimum atomic E-state index is -3.96. The second-order valence-electron chi connectivity index (χ2n) is 8.28. The number of imide groups is 1. The molecular weight excluding hydrogens is 434 g/mol. The van der Waals surface area contributed by atoms with Gasteiger partial charge in [0.15, 0.2) is 6.61 Å². The Morgan fingerprint density at radius 2 is 1.69 bits per heavy atom. The van der Waals surface area contributed by atoms with E-state index in [1.54, 1.807) is 45.9 Å². The first-order valence-electron chi connectivity index (χ1n) is 9.76. The standard InChI is InChI=1S/C22H27N3O6S/c1-14-7-6-8-16(11-14)25-32(29,30)17-10-9-15(2)18(12-17)20(27)31-13-19(26)23-21(28)24-22(3,4)5/h6-12,25H,13H2,1-5H3,(H2,23,24,26,28). The van der Waals surface area contributed by atoms with E-state index in [0.717, 1.165) is 5.56 Å². The number of esters is 1. The van der Waals surface area contributed by atoms with E-state index in [4.69, 9.17) is 4.74 Å². The number of carbonyl (C=O) groups is 3. The molecule has 2 rings (SSSR count). The molecule has 9 nitrogen and oxygen atoms in total. The number of anilines is 1. The summed E-state index contributed by atoms with van der Waals surface area (Å²) in [6, 6.07) is 10.1. The highest BCUT2D eigenvalue weighted by molar-refractivity contribution is 7.92. The lowest BCUT2D eigenvalue weighted by atomic mass is 10.1. The minimum absolute atomic E-state index is 0.0101. The van der Waals surface area contributed by atoms with Gasteiger partial charge in [-0.3, -0.25) is 14.8 Å². The van der Waals surface area contributed by atoms with Crippen LogP contribution in [-0.4, -0.2) is 38.5 Å². The van der Waals surface area contributed by atoms with Gasteiger partial charge >= 0.3 is 12.0 Å². The number of rotatable bonds is 6. The van der Waals surface area contributed by atoms with Crippen molar-refractivity contribution in [1.82, 2.24) is 10.6 Å². The van der Waals surface area contributed by atoms with E-state index in [2.05, 4.69) is 15.4 Å². The van der Waals surface area contributed by atoms with Crippen LogP contribution in [0.3, 0.4) is 0 Å². The summed E-state index contributed by atoms with van der Waals surface area (Å²) >= 11 is 0. The van der Waals surface area contributed by atoms with Gasteiger partial charge in [-0.2, -0.15) is 0 Å². The van der Waals surface area contributed by atoms with Crippen LogP contribution in [0.5, 0.6) is 0 Å². The van der Waals surface area contributed by atoms with E-state index < -0.39 is 40.1 Å². The Bertz CT molecular complexity index is 1140. The fourth-order valence-corrected chi connectivity index (χ4v) is 3.73. The number of sulfonamides is 1. The lowest BCUT2D eigenvalue weighted by Gasteiger charge is -2.20. The van der Waals surface area contributed by atoms with Crippen molar-refractivity contribution in [2.75, 3.05) is 11.3 Å². The van der Waals surface area contributed by atoms with Crippen molar-refractivity contribution in [3.8, 4) is 0 Å². The summed E-state index contributed by atoms with van der Waals surface area (Å²) in [6.45, 7) is 7.98. The highest BCUT2D eigenvalue weighted by Gasteiger charge is 2.21. The lowest BCUT2D eigenvalue weighted by Crippen LogP contribution is -2.49. The van der Waals surface area contributed by atoms with Crippen LogP contribution in [0.2, 0.25) is 0 Å². The highest BCUT2D eigenvalue weighted by Crippen LogP contribution is 2.20. The van der Waals surface area contributed by atoms with E-state index in [-0.39, 0.29) is 10.5 Å². The maximum atomic E-state index is 12.7. The van der Waals surface area contributed by atoms with Gasteiger partial charge in [-0.25, -0.2) is 18.0 Å². The van der Waals surface area contributed by atoms with Crippen molar-refractivity contribution >= 4 is 33.6 Å². The number of amides is 3. The van der Waals surface area contributed by atoms with Crippen LogP contribution in [0.25, 0.3) is 0 Å². The van der Waals surface area contributed by atoms with Crippen LogP contribution in [0.1, 0.15) is 42.3 Å². The van der Waals surface area contributed by atoms with Gasteiger partial charge in [0.2, 0.25) is 0 Å². The number of carbonyl (C=O) groups excluding carboxylic acids is 3. The molecule has 0 unspecified atom stereocenters. The molecule has 0 aliphatic heterocycles. The summed E-state index contributed by atoms with van der Waals surface area (Å²) in [5.74, 6) is -1.70. The zero-order valence-electron chi connectivity index (χ0n) is 18.6. The Labute approximate surface area is 187 Å². The number of aryl methyl sites for hydroxylation is 2. The largest absolute Gasteiger partial charge is 0.452 e. The van der Waals surface area contributed by atoms with Crippen LogP contribution < -0.4 is 15.4 Å². The molecule has 0 radical (unpaired) electrons. The van der Waals surface area contributed by atoms with E-state index in [1.807, 2.05) is 13.0 Å². The normalized spacial score (nSPS) is 11.4. The van der Waals surface area contributed by atoms with E-state index in [1.165, 1.54) is 18.2 Å². The van der Waals surface area contributed by atoms with Crippen LogP contribution in [0.4, 0.5) is 10.5 Å². The fourth-order valence-electron chi connectivity index (χ4n) is 2.65. The number of urea groups is 1. The molecule has 172 valence electrons. The van der Waals surface area contributed by atoms with Gasteiger partial charge in [-0.1, -0.05) is 18.2 Å². The summed E-state index contributed by atoms with van der Waals surface area (Å²) in [5, 5.41) is 4.59. The Morgan fingerprint density at radius 1 is 1.00 bits per heavy atom. The van der Waals surface area contributed by atoms with Crippen LogP contribution >= 0.6 is 0 Å². The average Bonchev–Trinajstić information content (AvgIpc) is 2.64. The van der Waals surface area contributed by atoms with Crippen molar-refractivity contribution in [3.05, 3.63) is 59.2 Å². The van der Waals surface area contributed by atoms with Gasteiger partial charge in [0, 0.05) is 11.2 Å². The Balaban J connectivity index is 2.09. The second-order valence-corrected chi connectivity index (χ2v) is 9.96. The maximum Gasteiger partial charge on any atom is 0.338 e. The molecule has 0 saturated heterocycles. The van der Waals surface area contributed by atoms with Gasteiger partial charge < -0.3 is 10.1 Å². The average molecular weight is 462 g/mol. The Kier molecular flexibility index (Phi) is 7.63. The van der Waals surface area contributed by atoms with E-state index in [9.17, 15) is 22.8 Å². The molecule has 0 heterocycles. The molecule has 0 aliphatic carbocycles. The van der Waals surface area contributed by atoms with Crippen molar-refractivity contribution in [2.45, 2.75) is 45.1 Å². The zero-order valence-corrected chi connectivity index (χ0v) is 19.4. The third-order valence-electron chi connectivity index (χ3n) is 4.09. The molecule has 0 fully saturated rings. The smallest absolute Gasteiger partial charge is 0.338 e. The number of benzene rings is 2. The molecule has 0 atom stereocenters. The third-order valence-corrected chi connectivity index (χ3v) is 5.46. The zero-order chi connectivity index (χ0) is 24.1. The predicted molar refractivity (Wildman–Crippen MR) is 120 cm³/mol. The molecule has 2 aromatic carbocycles. The SMILES string of the molecule is Cc1cccc(NS(=O)(=O)c2ccc(C)c(C(=O)OCC(=O)NC(=O)NC(C)(C)C)c2)c1. The van der Waals surface area contributed by atoms with Gasteiger partial charge in [-0.15, -0.1) is 0 Å².